The minimum Gasteiger partial charge on any atom is -0.480 e. The van der Waals surface area contributed by atoms with Gasteiger partial charge in [0.1, 0.15) is 18.1 Å². The molecule has 1 fully saturated rings. The number of amides is 3. The lowest BCUT2D eigenvalue weighted by molar-refractivity contribution is -0.146. The van der Waals surface area contributed by atoms with Crippen LogP contribution in [0, 0.1) is 5.92 Å². The highest BCUT2D eigenvalue weighted by atomic mass is 32.2. The van der Waals surface area contributed by atoms with Crippen LogP contribution >= 0.6 is 11.8 Å². The zero-order valence-corrected chi connectivity index (χ0v) is 19.5. The number of nitrogens with zero attached hydrogens (tertiary/aromatic N) is 1. The zero-order chi connectivity index (χ0) is 23.7. The van der Waals surface area contributed by atoms with Gasteiger partial charge in [-0.1, -0.05) is 20.3 Å². The fourth-order valence-corrected chi connectivity index (χ4v) is 3.86. The van der Waals surface area contributed by atoms with E-state index in [0.29, 0.717) is 25.0 Å². The van der Waals surface area contributed by atoms with E-state index in [4.69, 9.17) is 5.73 Å². The van der Waals surface area contributed by atoms with E-state index in [1.165, 1.54) is 23.6 Å². The molecule has 0 bridgehead atoms. The van der Waals surface area contributed by atoms with Gasteiger partial charge in [-0.3, -0.25) is 14.4 Å². The van der Waals surface area contributed by atoms with Crippen LogP contribution in [-0.2, 0) is 19.2 Å². The van der Waals surface area contributed by atoms with Crippen molar-refractivity contribution in [3.05, 3.63) is 0 Å². The first-order chi connectivity index (χ1) is 14.5. The lowest BCUT2D eigenvalue weighted by atomic mass is 9.98. The van der Waals surface area contributed by atoms with Crippen LogP contribution < -0.4 is 16.4 Å². The molecule has 0 radical (unpaired) electrons. The van der Waals surface area contributed by atoms with E-state index in [2.05, 4.69) is 10.6 Å². The van der Waals surface area contributed by atoms with E-state index < -0.39 is 54.0 Å². The number of thioether (sulfide) groups is 1. The SMILES string of the molecule is CCC(C)C(N)C(=O)NC(C(=O)N1CCCC1C(=O)NC(CCSC)C(=O)O)C(C)O. The Bertz CT molecular complexity index is 647. The Morgan fingerprint density at radius 1 is 1.23 bits per heavy atom. The molecule has 0 aromatic carbocycles. The Labute approximate surface area is 187 Å². The first kappa shape index (κ1) is 27.2. The molecule has 10 nitrogen and oxygen atoms in total. The summed E-state index contributed by atoms with van der Waals surface area (Å²) in [4.78, 5) is 51.0. The zero-order valence-electron chi connectivity index (χ0n) is 18.7. The fraction of sp³-hybridized carbons (Fsp3) is 0.800. The van der Waals surface area contributed by atoms with Crippen molar-refractivity contribution in [1.82, 2.24) is 15.5 Å². The van der Waals surface area contributed by atoms with Crippen LogP contribution in [0.5, 0.6) is 0 Å². The van der Waals surface area contributed by atoms with Gasteiger partial charge in [-0.15, -0.1) is 0 Å². The molecule has 0 aromatic rings. The highest BCUT2D eigenvalue weighted by molar-refractivity contribution is 7.98. The molecule has 0 spiro atoms. The molecule has 1 aliphatic heterocycles. The summed E-state index contributed by atoms with van der Waals surface area (Å²) in [6.45, 7) is 5.37. The van der Waals surface area contributed by atoms with Crippen LogP contribution in [0.15, 0.2) is 0 Å². The predicted molar refractivity (Wildman–Crippen MR) is 118 cm³/mol. The lowest BCUT2D eigenvalue weighted by Gasteiger charge is -2.31. The number of hydrogen-bond donors (Lipinski definition) is 5. The molecule has 0 aliphatic carbocycles. The van der Waals surface area contributed by atoms with E-state index in [0.717, 1.165) is 0 Å². The maximum Gasteiger partial charge on any atom is 0.326 e. The largest absolute Gasteiger partial charge is 0.480 e. The number of nitrogens with one attached hydrogen (secondary N) is 2. The van der Waals surface area contributed by atoms with Gasteiger partial charge in [-0.2, -0.15) is 11.8 Å². The van der Waals surface area contributed by atoms with Crippen molar-refractivity contribution in [1.29, 1.82) is 0 Å². The fourth-order valence-electron chi connectivity index (χ4n) is 3.39. The van der Waals surface area contributed by atoms with E-state index >= 15 is 0 Å². The molecule has 1 saturated heterocycles. The molecule has 6 N–H and O–H groups in total. The van der Waals surface area contributed by atoms with Crippen molar-refractivity contribution in [2.45, 2.75) is 76.7 Å². The van der Waals surface area contributed by atoms with Gasteiger partial charge in [0.15, 0.2) is 0 Å². The molecule has 1 heterocycles. The summed E-state index contributed by atoms with van der Waals surface area (Å²) in [5, 5.41) is 24.5. The van der Waals surface area contributed by atoms with Gasteiger partial charge in [0, 0.05) is 6.54 Å². The number of aliphatic hydroxyl groups excluding tert-OH is 1. The average Bonchev–Trinajstić information content (AvgIpc) is 3.22. The van der Waals surface area contributed by atoms with E-state index in [-0.39, 0.29) is 18.9 Å². The standard InChI is InChI=1S/C20H36N4O6S/c1-5-11(2)15(21)18(27)23-16(12(3)25)19(28)24-9-6-7-14(24)17(26)22-13(20(29)30)8-10-31-4/h11-16,25H,5-10,21H2,1-4H3,(H,22,26)(H,23,27)(H,29,30). The van der Waals surface area contributed by atoms with Crippen molar-refractivity contribution >= 4 is 35.5 Å². The third-order valence-electron chi connectivity index (χ3n) is 5.67. The molecule has 0 saturated carbocycles. The average molecular weight is 461 g/mol. The van der Waals surface area contributed by atoms with E-state index in [1.54, 1.807) is 0 Å². The van der Waals surface area contributed by atoms with Crippen molar-refractivity contribution in [3.8, 4) is 0 Å². The summed E-state index contributed by atoms with van der Waals surface area (Å²) in [6.07, 6.45) is 2.52. The van der Waals surface area contributed by atoms with Gasteiger partial charge >= 0.3 is 5.97 Å². The number of aliphatic carboxylic acids is 1. The van der Waals surface area contributed by atoms with Crippen LogP contribution in [0.2, 0.25) is 0 Å². The molecule has 6 atom stereocenters. The van der Waals surface area contributed by atoms with E-state index in [1.807, 2.05) is 20.1 Å². The Hall–Kier alpha value is -1.85. The van der Waals surface area contributed by atoms with Crippen LogP contribution in [0.25, 0.3) is 0 Å². The molecular formula is C20H36N4O6S. The Morgan fingerprint density at radius 2 is 1.87 bits per heavy atom. The molecule has 11 heteroatoms. The number of carbonyl (C=O) groups is 4. The highest BCUT2D eigenvalue weighted by Crippen LogP contribution is 2.20. The predicted octanol–water partition coefficient (Wildman–Crippen LogP) is -0.461. The highest BCUT2D eigenvalue weighted by Gasteiger charge is 2.40. The second-order valence-electron chi connectivity index (χ2n) is 8.01. The molecule has 6 unspecified atom stereocenters. The van der Waals surface area contributed by atoms with Crippen molar-refractivity contribution in [2.75, 3.05) is 18.6 Å². The summed E-state index contributed by atoms with van der Waals surface area (Å²) in [7, 11) is 0. The molecule has 31 heavy (non-hydrogen) atoms. The Balaban J connectivity index is 2.91. The van der Waals surface area contributed by atoms with Gasteiger partial charge in [0.05, 0.1) is 12.1 Å². The van der Waals surface area contributed by atoms with Crippen molar-refractivity contribution in [3.63, 3.8) is 0 Å². The van der Waals surface area contributed by atoms with Crippen LogP contribution in [0.1, 0.15) is 46.5 Å². The van der Waals surface area contributed by atoms with Gasteiger partial charge < -0.3 is 31.5 Å². The molecule has 3 amide bonds. The number of likely N-dealkylation sites (tertiary alicyclic amines) is 1. The summed E-state index contributed by atoms with van der Waals surface area (Å²) in [6, 6.07) is -3.98. The number of aliphatic hydroxyl groups is 1. The second kappa shape index (κ2) is 12.9. The molecule has 0 aromatic heterocycles. The minimum absolute atomic E-state index is 0.107. The van der Waals surface area contributed by atoms with Crippen LogP contribution in [0.4, 0.5) is 0 Å². The lowest BCUT2D eigenvalue weighted by Crippen LogP contribution is -2.60. The quantitative estimate of drug-likeness (QED) is 0.261. The smallest absolute Gasteiger partial charge is 0.326 e. The molecule has 1 rings (SSSR count). The number of carboxylic acid groups (broad SMARTS) is 1. The van der Waals surface area contributed by atoms with E-state index in [9.17, 15) is 29.4 Å². The summed E-state index contributed by atoms with van der Waals surface area (Å²) >= 11 is 1.47. The maximum absolute atomic E-state index is 13.1. The third-order valence-corrected chi connectivity index (χ3v) is 6.31. The van der Waals surface area contributed by atoms with Gasteiger partial charge in [-0.25, -0.2) is 4.79 Å². The molecular weight excluding hydrogens is 424 g/mol. The number of carboxylic acids is 1. The first-order valence-corrected chi connectivity index (χ1v) is 12.0. The normalized spacial score (nSPS) is 21.0. The number of carbonyl (C=O) groups excluding carboxylic acids is 3. The summed E-state index contributed by atoms with van der Waals surface area (Å²) in [5.74, 6) is -2.36. The van der Waals surface area contributed by atoms with Crippen LogP contribution in [-0.4, -0.2) is 87.6 Å². The van der Waals surface area contributed by atoms with Gasteiger partial charge in [-0.05, 0) is 44.1 Å². The summed E-state index contributed by atoms with van der Waals surface area (Å²) < 4.78 is 0. The van der Waals surface area contributed by atoms with Gasteiger partial charge in [0.25, 0.3) is 0 Å². The van der Waals surface area contributed by atoms with Crippen molar-refractivity contribution in [2.24, 2.45) is 11.7 Å². The van der Waals surface area contributed by atoms with Crippen LogP contribution in [0.3, 0.4) is 0 Å². The van der Waals surface area contributed by atoms with Crippen molar-refractivity contribution < 1.29 is 29.4 Å². The number of hydrogen-bond acceptors (Lipinski definition) is 7. The Kier molecular flexibility index (Phi) is 11.3. The molecule has 1 aliphatic rings. The second-order valence-corrected chi connectivity index (χ2v) is 8.99. The number of nitrogens with two attached hydrogens (primary N) is 1. The topological polar surface area (TPSA) is 162 Å². The molecule has 178 valence electrons. The maximum atomic E-state index is 13.1. The third kappa shape index (κ3) is 7.65. The monoisotopic (exact) mass is 460 g/mol. The first-order valence-electron chi connectivity index (χ1n) is 10.6. The Morgan fingerprint density at radius 3 is 2.39 bits per heavy atom. The summed E-state index contributed by atoms with van der Waals surface area (Å²) in [5.41, 5.74) is 5.93. The number of rotatable bonds is 12. The minimum atomic E-state index is -1.25. The van der Waals surface area contributed by atoms with Gasteiger partial charge in [0.2, 0.25) is 17.7 Å².